The van der Waals surface area contributed by atoms with Gasteiger partial charge in [0.1, 0.15) is 0 Å². The molecule has 0 radical (unpaired) electrons. The van der Waals surface area contributed by atoms with Crippen LogP contribution in [-0.4, -0.2) is 53.9 Å². The largest absolute Gasteiger partial charge is 0.394 e. The highest BCUT2D eigenvalue weighted by molar-refractivity contribution is 8.13. The minimum Gasteiger partial charge on any atom is -0.394 e. The Morgan fingerprint density at radius 1 is 1.15 bits per heavy atom. The van der Waals surface area contributed by atoms with E-state index in [1.54, 1.807) is 0 Å². The Morgan fingerprint density at radius 2 is 1.65 bits per heavy atom. The van der Waals surface area contributed by atoms with Gasteiger partial charge in [0.25, 0.3) is 5.24 Å². The van der Waals surface area contributed by atoms with Gasteiger partial charge in [0.2, 0.25) is 0 Å². The molecular weight excluding hydrogens is 274 g/mol. The molecule has 0 heterocycles. The average Bonchev–Trinajstić information content (AvgIpc) is 2.35. The third-order valence-electron chi connectivity index (χ3n) is 2.14. The van der Waals surface area contributed by atoms with Crippen molar-refractivity contribution in [2.75, 3.05) is 38.7 Å². The molecule has 0 unspecified atom stereocenters. The monoisotopic (exact) mass is 307 g/mol. The van der Waals surface area contributed by atoms with Gasteiger partial charge in [0.05, 0.1) is 13.2 Å². The molecule has 0 aliphatic heterocycles. The molecule has 0 bridgehead atoms. The molecule has 0 saturated carbocycles. The Morgan fingerprint density at radius 3 is 1.90 bits per heavy atom. The van der Waals surface area contributed by atoms with E-state index < -0.39 is 0 Å². The fourth-order valence-corrected chi connectivity index (χ4v) is 2.11. The first kappa shape index (κ1) is 22.0. The number of nitrogens with zero attached hydrogens (tertiary/aromatic N) is 1. The van der Waals surface area contributed by atoms with E-state index in [0.29, 0.717) is 25.0 Å². The lowest BCUT2D eigenvalue weighted by molar-refractivity contribution is 0.102. The number of aliphatic hydroxyl groups excluding tert-OH is 1. The van der Waals surface area contributed by atoms with Crippen LogP contribution < -0.4 is 0 Å². The lowest BCUT2D eigenvalue weighted by atomic mass is 10.1. The van der Waals surface area contributed by atoms with Gasteiger partial charge in [-0.2, -0.15) is 0 Å². The predicted octanol–water partition coefficient (Wildman–Crippen LogP) is 3.49. The number of aliphatic hydroxyl groups is 1. The molecule has 0 rings (SSSR count). The molecule has 0 aliphatic rings. The molecular formula is C15H33NO3S. The number of hydrogen-bond donors (Lipinski definition) is 1. The van der Waals surface area contributed by atoms with Gasteiger partial charge in [-0.3, -0.25) is 4.79 Å². The number of carbonyl (C=O) groups is 1. The Kier molecular flexibility index (Phi) is 16.7. The number of ether oxygens (including phenoxy) is 1. The molecule has 122 valence electrons. The van der Waals surface area contributed by atoms with Crippen LogP contribution in [-0.2, 0) is 4.74 Å². The zero-order valence-corrected chi connectivity index (χ0v) is 14.8. The third kappa shape index (κ3) is 15.8. The van der Waals surface area contributed by atoms with Gasteiger partial charge in [-0.05, 0) is 24.5 Å². The van der Waals surface area contributed by atoms with E-state index in [1.807, 2.05) is 18.7 Å². The summed E-state index contributed by atoms with van der Waals surface area (Å²) in [5, 5.41) is 8.30. The molecule has 0 aliphatic carbocycles. The van der Waals surface area contributed by atoms with Gasteiger partial charge in [-0.15, -0.1) is 0 Å². The second-order valence-corrected chi connectivity index (χ2v) is 6.53. The molecule has 0 aromatic carbocycles. The van der Waals surface area contributed by atoms with E-state index in [9.17, 15) is 4.79 Å². The van der Waals surface area contributed by atoms with Crippen LogP contribution in [0.15, 0.2) is 0 Å². The molecule has 0 aromatic heterocycles. The number of hydrogen-bond acceptors (Lipinski definition) is 4. The highest BCUT2D eigenvalue weighted by Gasteiger charge is 2.15. The van der Waals surface area contributed by atoms with Gasteiger partial charge in [-0.25, -0.2) is 0 Å². The zero-order valence-electron chi connectivity index (χ0n) is 14.0. The molecule has 5 heteroatoms. The van der Waals surface area contributed by atoms with Crippen LogP contribution in [0.5, 0.6) is 0 Å². The molecule has 1 N–H and O–H groups in total. The van der Waals surface area contributed by atoms with Crippen LogP contribution in [0, 0.1) is 11.8 Å². The Balaban J connectivity index is 0. The second-order valence-electron chi connectivity index (χ2n) is 5.31. The maximum absolute atomic E-state index is 11.7. The maximum atomic E-state index is 11.7. The Hall–Kier alpha value is -0.260. The fourth-order valence-electron chi connectivity index (χ4n) is 1.53. The van der Waals surface area contributed by atoms with Crippen molar-refractivity contribution in [3.8, 4) is 0 Å². The fraction of sp³-hybridized carbons (Fsp3) is 0.933. The summed E-state index contributed by atoms with van der Waals surface area (Å²) in [6.07, 6.45) is 0. The van der Waals surface area contributed by atoms with E-state index in [2.05, 4.69) is 27.7 Å². The standard InChI is InChI=1S/C11H23NOS.C4H10O2/c1-6-14-11(13)12(7-9(2)3)8-10(4)5;1-2-6-4-3-5/h9-10H,6-8H2,1-5H3;5H,2-4H2,1H3. The topological polar surface area (TPSA) is 49.8 Å². The quantitative estimate of drug-likeness (QED) is 0.697. The molecule has 4 nitrogen and oxygen atoms in total. The van der Waals surface area contributed by atoms with Crippen LogP contribution in [0.4, 0.5) is 4.79 Å². The molecule has 0 spiro atoms. The number of thioether (sulfide) groups is 1. The second kappa shape index (κ2) is 15.1. The van der Waals surface area contributed by atoms with Crippen molar-refractivity contribution in [2.45, 2.75) is 41.5 Å². The first-order valence-electron chi connectivity index (χ1n) is 7.49. The first-order chi connectivity index (χ1) is 9.38. The van der Waals surface area contributed by atoms with Crippen molar-refractivity contribution in [2.24, 2.45) is 11.8 Å². The molecule has 0 atom stereocenters. The van der Waals surface area contributed by atoms with E-state index in [-0.39, 0.29) is 11.8 Å². The summed E-state index contributed by atoms with van der Waals surface area (Å²) in [5.41, 5.74) is 0. The van der Waals surface area contributed by atoms with Crippen LogP contribution in [0.25, 0.3) is 0 Å². The first-order valence-corrected chi connectivity index (χ1v) is 8.47. The van der Waals surface area contributed by atoms with E-state index >= 15 is 0 Å². The van der Waals surface area contributed by atoms with Crippen molar-refractivity contribution in [1.82, 2.24) is 4.90 Å². The lowest BCUT2D eigenvalue weighted by Crippen LogP contribution is -2.34. The minimum absolute atomic E-state index is 0.133. The van der Waals surface area contributed by atoms with Gasteiger partial charge < -0.3 is 14.7 Å². The van der Waals surface area contributed by atoms with Crippen molar-refractivity contribution in [1.29, 1.82) is 0 Å². The summed E-state index contributed by atoms with van der Waals surface area (Å²) in [7, 11) is 0. The van der Waals surface area contributed by atoms with Crippen molar-refractivity contribution in [3.63, 3.8) is 0 Å². The number of rotatable bonds is 8. The van der Waals surface area contributed by atoms with Crippen molar-refractivity contribution < 1.29 is 14.6 Å². The van der Waals surface area contributed by atoms with Crippen LogP contribution in [0.2, 0.25) is 0 Å². The smallest absolute Gasteiger partial charge is 0.281 e. The lowest BCUT2D eigenvalue weighted by Gasteiger charge is -2.25. The van der Waals surface area contributed by atoms with Crippen molar-refractivity contribution >= 4 is 17.0 Å². The number of carbonyl (C=O) groups excluding carboxylic acids is 1. The molecule has 0 fully saturated rings. The van der Waals surface area contributed by atoms with Gasteiger partial charge >= 0.3 is 0 Å². The van der Waals surface area contributed by atoms with Gasteiger partial charge in [0.15, 0.2) is 0 Å². The van der Waals surface area contributed by atoms with Gasteiger partial charge in [0, 0.05) is 19.7 Å². The molecule has 1 amide bonds. The zero-order chi connectivity index (χ0) is 16.0. The highest BCUT2D eigenvalue weighted by atomic mass is 32.2. The van der Waals surface area contributed by atoms with Crippen LogP contribution in [0.1, 0.15) is 41.5 Å². The minimum atomic E-state index is 0.133. The summed E-state index contributed by atoms with van der Waals surface area (Å²) >= 11 is 1.41. The molecule has 0 saturated heterocycles. The van der Waals surface area contributed by atoms with E-state index in [0.717, 1.165) is 18.8 Å². The molecule has 0 aromatic rings. The summed E-state index contributed by atoms with van der Waals surface area (Å²) in [5.74, 6) is 1.97. The summed E-state index contributed by atoms with van der Waals surface area (Å²) < 4.78 is 4.73. The summed E-state index contributed by atoms with van der Waals surface area (Å²) in [6.45, 7) is 15.6. The predicted molar refractivity (Wildman–Crippen MR) is 88.4 cm³/mol. The third-order valence-corrected chi connectivity index (χ3v) is 2.93. The SMILES string of the molecule is CCOCCO.CCSC(=O)N(CC(C)C)CC(C)C. The normalized spacial score (nSPS) is 10.4. The summed E-state index contributed by atoms with van der Waals surface area (Å²) in [6, 6.07) is 0. The van der Waals surface area contributed by atoms with Crippen molar-refractivity contribution in [3.05, 3.63) is 0 Å². The Bertz CT molecular complexity index is 209. The van der Waals surface area contributed by atoms with E-state index in [4.69, 9.17) is 9.84 Å². The van der Waals surface area contributed by atoms with Crippen LogP contribution >= 0.6 is 11.8 Å². The van der Waals surface area contributed by atoms with Gasteiger partial charge in [-0.1, -0.05) is 46.4 Å². The van der Waals surface area contributed by atoms with E-state index in [1.165, 1.54) is 11.8 Å². The average molecular weight is 308 g/mol. The number of amides is 1. The summed E-state index contributed by atoms with van der Waals surface area (Å²) in [4.78, 5) is 13.7. The molecule has 20 heavy (non-hydrogen) atoms. The maximum Gasteiger partial charge on any atom is 0.281 e. The van der Waals surface area contributed by atoms with Crippen LogP contribution in [0.3, 0.4) is 0 Å². The highest BCUT2D eigenvalue weighted by Crippen LogP contribution is 2.12. The Labute approximate surface area is 129 Å².